The standard InChI is InChI=1S/C57H64N4O16S5/c1-33-18-42-39(27-52(82(71,72)75-7)47-24-37-13-9-11-15-45(37)61(47)55(42)64)25-48(33)76-30-34-19-35(21-41(20-34)59-53(62)29-57(2,3)79-78-17-16-51(54(63)58-4)81(69,70)74-6)31-77-50-26-38-22-40(32-80(66,67)68)46-23-36-12-8-10-14-44(36)60(46)56(65)43(38)28-49(50)73-5/h8-15,18-21,25-26,28,40,46-47,51-52H,16-17,22-24,27,29-32H2,1-7H3,(H,58,63)(H,59,62)(H,66,67,68)/t40?,46-,47-,51?,52?/m0/s1. The third kappa shape index (κ3) is 13.0. The number of hydrogen-bond acceptors (Lipinski definition) is 17. The van der Waals surface area contributed by atoms with Crippen LogP contribution < -0.4 is 34.6 Å². The van der Waals surface area contributed by atoms with Crippen LogP contribution in [-0.4, -0.2) is 121 Å². The average molecular weight is 1220 g/mol. The van der Waals surface area contributed by atoms with Crippen LogP contribution in [0.15, 0.2) is 91.0 Å². The molecule has 4 aliphatic rings. The summed E-state index contributed by atoms with van der Waals surface area (Å²) in [6.45, 7) is 5.33. The summed E-state index contributed by atoms with van der Waals surface area (Å²) in [6, 6.07) is 25.3. The van der Waals surface area contributed by atoms with Crippen molar-refractivity contribution in [3.8, 4) is 17.2 Å². The predicted molar refractivity (Wildman–Crippen MR) is 314 cm³/mol. The number of methoxy groups -OCH3 is 1. The SMILES string of the molecule is CNC(=O)C(CCSSC(C)(C)CC(=O)Nc1cc(COc2cc3c(cc2C)C(=O)N2c4ccccc4C[C@H]2C(S(=O)(=O)OC)C3)cc(COc2cc3c(cc2OC)C(=O)N2c4ccccc4C[C@H]2C(CS(=O)(=O)O)C3)c1)S(=O)(=O)OC. The van der Waals surface area contributed by atoms with Crippen molar-refractivity contribution in [1.82, 2.24) is 5.32 Å². The normalized spacial score (nSPS) is 18.9. The number of nitrogens with zero attached hydrogens (tertiary/aromatic N) is 2. The number of ether oxygens (including phenoxy) is 3. The minimum atomic E-state index is -4.47. The highest BCUT2D eigenvalue weighted by Gasteiger charge is 2.48. The zero-order valence-electron chi connectivity index (χ0n) is 46.1. The molecule has 9 rings (SSSR count). The van der Waals surface area contributed by atoms with Crippen molar-refractivity contribution in [1.29, 1.82) is 0 Å². The summed E-state index contributed by atoms with van der Waals surface area (Å²) in [7, 11) is -5.20. The van der Waals surface area contributed by atoms with Gasteiger partial charge in [0.25, 0.3) is 42.2 Å². The number of nitrogens with one attached hydrogen (secondary N) is 2. The first-order valence-corrected chi connectivity index (χ1v) is 33.1. The van der Waals surface area contributed by atoms with E-state index >= 15 is 0 Å². The highest BCUT2D eigenvalue weighted by Crippen LogP contribution is 2.45. The van der Waals surface area contributed by atoms with E-state index in [0.29, 0.717) is 74.6 Å². The maximum absolute atomic E-state index is 14.5. The van der Waals surface area contributed by atoms with Crippen LogP contribution in [-0.2, 0) is 87.2 Å². The van der Waals surface area contributed by atoms with E-state index in [2.05, 4.69) is 14.8 Å². The van der Waals surface area contributed by atoms with Gasteiger partial charge < -0.3 is 34.6 Å². The first kappa shape index (κ1) is 60.4. The zero-order chi connectivity index (χ0) is 59.1. The Labute approximate surface area is 485 Å². The van der Waals surface area contributed by atoms with Gasteiger partial charge in [0.05, 0.1) is 33.1 Å². The van der Waals surface area contributed by atoms with Crippen LogP contribution in [0, 0.1) is 12.8 Å². The van der Waals surface area contributed by atoms with Crippen LogP contribution >= 0.6 is 21.6 Å². The zero-order valence-corrected chi connectivity index (χ0v) is 50.2. The number of anilines is 3. The van der Waals surface area contributed by atoms with Gasteiger partial charge in [-0.05, 0) is 146 Å². The maximum atomic E-state index is 14.5. The van der Waals surface area contributed by atoms with Gasteiger partial charge in [0.1, 0.15) is 24.2 Å². The smallest absolute Gasteiger partial charge is 0.279 e. The molecule has 3 unspecified atom stereocenters. The van der Waals surface area contributed by atoms with Gasteiger partial charge in [-0.2, -0.15) is 25.3 Å². The molecule has 0 spiro atoms. The number of hydrogen-bond donors (Lipinski definition) is 3. The van der Waals surface area contributed by atoms with Gasteiger partial charge in [0.2, 0.25) is 11.8 Å². The Morgan fingerprint density at radius 1 is 0.720 bits per heavy atom. The van der Waals surface area contributed by atoms with Crippen molar-refractivity contribution < 1.29 is 71.6 Å². The lowest BCUT2D eigenvalue weighted by atomic mass is 9.91. The predicted octanol–water partition coefficient (Wildman–Crippen LogP) is 7.24. The molecule has 0 saturated carbocycles. The van der Waals surface area contributed by atoms with Crippen LogP contribution in [0.25, 0.3) is 0 Å². The van der Waals surface area contributed by atoms with Crippen LogP contribution in [0.2, 0.25) is 0 Å². The quantitative estimate of drug-likeness (QED) is 0.0267. The van der Waals surface area contributed by atoms with E-state index < -0.39 is 75.3 Å². The van der Waals surface area contributed by atoms with Gasteiger partial charge in [0.15, 0.2) is 16.7 Å². The molecule has 438 valence electrons. The Balaban J connectivity index is 0.991. The molecule has 0 aromatic heterocycles. The number of para-hydroxylation sites is 2. The molecule has 4 aliphatic heterocycles. The van der Waals surface area contributed by atoms with E-state index in [4.69, 9.17) is 18.4 Å². The Morgan fingerprint density at radius 2 is 1.29 bits per heavy atom. The van der Waals surface area contributed by atoms with E-state index in [1.54, 1.807) is 59.2 Å². The summed E-state index contributed by atoms with van der Waals surface area (Å²) < 4.78 is 115. The van der Waals surface area contributed by atoms with Crippen molar-refractivity contribution in [2.24, 2.45) is 5.92 Å². The maximum Gasteiger partial charge on any atom is 0.279 e. The van der Waals surface area contributed by atoms with Crippen molar-refractivity contribution in [3.05, 3.63) is 141 Å². The number of rotatable bonds is 22. The number of benzene rings is 5. The van der Waals surface area contributed by atoms with Crippen molar-refractivity contribution in [2.45, 2.75) is 99.8 Å². The molecule has 25 heteroatoms. The Kier molecular flexibility index (Phi) is 17.8. The topological polar surface area (TPSA) is 268 Å². The second-order valence-corrected chi connectivity index (χ2v) is 29.7. The van der Waals surface area contributed by atoms with Crippen molar-refractivity contribution in [2.75, 3.05) is 55.0 Å². The molecule has 0 radical (unpaired) electrons. The lowest BCUT2D eigenvalue weighted by Gasteiger charge is -2.28. The lowest BCUT2D eigenvalue weighted by molar-refractivity contribution is -0.120. The minimum absolute atomic E-state index is 0.0106. The van der Waals surface area contributed by atoms with E-state index in [9.17, 15) is 49.0 Å². The summed E-state index contributed by atoms with van der Waals surface area (Å²) in [5.41, 5.74) is 6.76. The third-order valence-corrected chi connectivity index (χ3v) is 22.7. The number of carbonyl (C=O) groups is 4. The Morgan fingerprint density at radius 3 is 1.89 bits per heavy atom. The van der Waals surface area contributed by atoms with Crippen molar-refractivity contribution in [3.63, 3.8) is 0 Å². The first-order chi connectivity index (χ1) is 38.8. The molecule has 4 amide bonds. The van der Waals surface area contributed by atoms with Crippen molar-refractivity contribution >= 4 is 92.6 Å². The van der Waals surface area contributed by atoms with Gasteiger partial charge in [0, 0.05) is 64.1 Å². The number of fused-ring (bicyclic) bond motifs is 8. The van der Waals surface area contributed by atoms with Crippen LogP contribution in [0.4, 0.5) is 17.1 Å². The number of aryl methyl sites for hydroxylation is 1. The molecule has 3 N–H and O–H groups in total. The van der Waals surface area contributed by atoms with Gasteiger partial charge in [-0.15, -0.1) is 0 Å². The molecule has 82 heavy (non-hydrogen) atoms. The van der Waals surface area contributed by atoms with E-state index in [1.165, 1.54) is 35.7 Å². The minimum Gasteiger partial charge on any atom is -0.493 e. The number of amides is 4. The highest BCUT2D eigenvalue weighted by molar-refractivity contribution is 8.77. The molecule has 20 nitrogen and oxygen atoms in total. The molecule has 4 heterocycles. The van der Waals surface area contributed by atoms with E-state index in [0.717, 1.165) is 25.3 Å². The molecular weight excluding hydrogens is 1160 g/mol. The molecule has 0 fully saturated rings. The van der Waals surface area contributed by atoms with Gasteiger partial charge in [-0.25, -0.2) is 0 Å². The van der Waals surface area contributed by atoms with Crippen LogP contribution in [0.1, 0.15) is 86.3 Å². The first-order valence-electron chi connectivity index (χ1n) is 26.3. The average Bonchev–Trinajstić information content (AvgIpc) is 4.01. The van der Waals surface area contributed by atoms with E-state index in [-0.39, 0.29) is 73.9 Å². The second kappa shape index (κ2) is 24.2. The highest BCUT2D eigenvalue weighted by atomic mass is 33.1. The van der Waals surface area contributed by atoms with Gasteiger partial charge in [-0.1, -0.05) is 58.0 Å². The summed E-state index contributed by atoms with van der Waals surface area (Å²) in [5, 5.41) is 2.86. The monoisotopic (exact) mass is 1220 g/mol. The van der Waals surface area contributed by atoms with Crippen LogP contribution in [0.3, 0.4) is 0 Å². The van der Waals surface area contributed by atoms with Crippen LogP contribution in [0.5, 0.6) is 17.2 Å². The summed E-state index contributed by atoms with van der Waals surface area (Å²) in [4.78, 5) is 58.4. The Hall–Kier alpha value is -6.19. The molecular formula is C57H64N4O16S5. The molecule has 0 bridgehead atoms. The van der Waals surface area contributed by atoms with Gasteiger partial charge >= 0.3 is 0 Å². The Bertz CT molecular complexity index is 3690. The fourth-order valence-corrected chi connectivity index (χ4v) is 17.3. The lowest BCUT2D eigenvalue weighted by Crippen LogP contribution is -2.47. The molecule has 0 aliphatic carbocycles. The fraction of sp³-hybridized carbons (Fsp3) is 0.404. The van der Waals surface area contributed by atoms with E-state index in [1.807, 2.05) is 62.4 Å². The molecule has 0 saturated heterocycles. The number of carbonyl (C=O) groups excluding carboxylic acids is 4. The summed E-state index contributed by atoms with van der Waals surface area (Å²) >= 11 is 0. The fourth-order valence-electron chi connectivity index (χ4n) is 11.4. The molecule has 5 aromatic rings. The molecule has 5 aromatic carbocycles. The van der Waals surface area contributed by atoms with Gasteiger partial charge in [-0.3, -0.25) is 32.1 Å². The summed E-state index contributed by atoms with van der Waals surface area (Å²) in [6.07, 6.45) is 0.798. The largest absolute Gasteiger partial charge is 0.493 e. The summed E-state index contributed by atoms with van der Waals surface area (Å²) in [5.74, 6) is -1.90. The second-order valence-electron chi connectivity index (χ2n) is 21.3. The molecule has 5 atom stereocenters. The third-order valence-electron chi connectivity index (χ3n) is 15.2.